The van der Waals surface area contributed by atoms with E-state index in [0.29, 0.717) is 44.2 Å². The van der Waals surface area contributed by atoms with Gasteiger partial charge < -0.3 is 9.42 Å². The van der Waals surface area contributed by atoms with Gasteiger partial charge in [-0.05, 0) is 44.4 Å². The lowest BCUT2D eigenvalue weighted by molar-refractivity contribution is -0.136. The van der Waals surface area contributed by atoms with Crippen molar-refractivity contribution >= 4 is 15.9 Å². The molecular weight excluding hydrogens is 459 g/mol. The van der Waals surface area contributed by atoms with Gasteiger partial charge in [-0.1, -0.05) is 36.6 Å². The van der Waals surface area contributed by atoms with Gasteiger partial charge in [0.05, 0.1) is 6.54 Å². The van der Waals surface area contributed by atoms with Gasteiger partial charge in [0.2, 0.25) is 15.9 Å². The number of benzene rings is 1. The standard InChI is InChI=1S/C24H33FN4O4S/c1-18-24(19(2)33-26-18)34(31,32)28-14-12-27(13-15-28)17-23(30)29(22-6-4-3-5-7-22)16-20-8-10-21(25)11-9-20/h8-11,22H,3-7,12-17H2,1-2H3. The molecule has 1 aliphatic heterocycles. The van der Waals surface area contributed by atoms with Crippen LogP contribution in [0.4, 0.5) is 4.39 Å². The molecule has 1 saturated carbocycles. The Labute approximate surface area is 200 Å². The zero-order valence-electron chi connectivity index (χ0n) is 19.9. The van der Waals surface area contributed by atoms with E-state index >= 15 is 0 Å². The average molecular weight is 493 g/mol. The maximum atomic E-state index is 13.4. The van der Waals surface area contributed by atoms with E-state index in [1.165, 1.54) is 22.9 Å². The number of aromatic nitrogens is 1. The fourth-order valence-electron chi connectivity index (χ4n) is 4.98. The van der Waals surface area contributed by atoms with E-state index in [9.17, 15) is 17.6 Å². The highest BCUT2D eigenvalue weighted by atomic mass is 32.2. The lowest BCUT2D eigenvalue weighted by Gasteiger charge is -2.38. The van der Waals surface area contributed by atoms with Crippen molar-refractivity contribution in [1.29, 1.82) is 0 Å². The molecule has 0 N–H and O–H groups in total. The van der Waals surface area contributed by atoms with Gasteiger partial charge in [0.15, 0.2) is 5.76 Å². The Bertz CT molecular complexity index is 1070. The molecule has 186 valence electrons. The van der Waals surface area contributed by atoms with E-state index in [2.05, 4.69) is 5.16 Å². The lowest BCUT2D eigenvalue weighted by atomic mass is 9.93. The first-order valence-electron chi connectivity index (χ1n) is 11.9. The van der Waals surface area contributed by atoms with Crippen LogP contribution in [0.2, 0.25) is 0 Å². The Morgan fingerprint density at radius 2 is 1.74 bits per heavy atom. The molecule has 0 spiro atoms. The molecule has 2 aliphatic rings. The van der Waals surface area contributed by atoms with E-state index in [-0.39, 0.29) is 29.2 Å². The van der Waals surface area contributed by atoms with Gasteiger partial charge in [-0.3, -0.25) is 9.69 Å². The lowest BCUT2D eigenvalue weighted by Crippen LogP contribution is -2.52. The fraction of sp³-hybridized carbons (Fsp3) is 0.583. The van der Waals surface area contributed by atoms with Crippen LogP contribution in [0.15, 0.2) is 33.7 Å². The molecule has 2 aromatic rings. The third-order valence-electron chi connectivity index (χ3n) is 6.86. The number of amides is 1. The molecule has 8 nitrogen and oxygen atoms in total. The fourth-order valence-corrected chi connectivity index (χ4v) is 6.70. The first-order valence-corrected chi connectivity index (χ1v) is 13.4. The van der Waals surface area contributed by atoms with Crippen molar-refractivity contribution in [1.82, 2.24) is 19.3 Å². The summed E-state index contributed by atoms with van der Waals surface area (Å²) >= 11 is 0. The van der Waals surface area contributed by atoms with Gasteiger partial charge in [0, 0.05) is 38.8 Å². The van der Waals surface area contributed by atoms with Crippen LogP contribution in [-0.2, 0) is 21.4 Å². The highest BCUT2D eigenvalue weighted by Crippen LogP contribution is 2.26. The molecule has 10 heteroatoms. The quantitative estimate of drug-likeness (QED) is 0.590. The average Bonchev–Trinajstić information content (AvgIpc) is 3.18. The number of hydrogen-bond acceptors (Lipinski definition) is 6. The van der Waals surface area contributed by atoms with Crippen molar-refractivity contribution in [3.8, 4) is 0 Å². The summed E-state index contributed by atoms with van der Waals surface area (Å²) in [6.07, 6.45) is 5.37. The number of hydrogen-bond donors (Lipinski definition) is 0. The van der Waals surface area contributed by atoms with Gasteiger partial charge in [-0.15, -0.1) is 0 Å². The number of carbonyl (C=O) groups excluding carboxylic acids is 1. The summed E-state index contributed by atoms with van der Waals surface area (Å²) in [5, 5.41) is 3.77. The molecule has 34 heavy (non-hydrogen) atoms. The van der Waals surface area contributed by atoms with Crippen LogP contribution in [0.5, 0.6) is 0 Å². The van der Waals surface area contributed by atoms with Gasteiger partial charge in [0.1, 0.15) is 16.4 Å². The normalized spacial score (nSPS) is 18.8. The summed E-state index contributed by atoms with van der Waals surface area (Å²) in [6.45, 7) is 5.50. The van der Waals surface area contributed by atoms with Crippen LogP contribution in [0, 0.1) is 19.7 Å². The van der Waals surface area contributed by atoms with Crippen molar-refractivity contribution in [3.63, 3.8) is 0 Å². The SMILES string of the molecule is Cc1noc(C)c1S(=O)(=O)N1CCN(CC(=O)N(Cc2ccc(F)cc2)C2CCCCC2)CC1. The molecule has 0 radical (unpaired) electrons. The first kappa shape index (κ1) is 24.8. The van der Waals surface area contributed by atoms with E-state index in [4.69, 9.17) is 4.52 Å². The van der Waals surface area contributed by atoms with Gasteiger partial charge in [-0.2, -0.15) is 4.31 Å². The first-order chi connectivity index (χ1) is 16.3. The van der Waals surface area contributed by atoms with Crippen LogP contribution >= 0.6 is 0 Å². The topological polar surface area (TPSA) is 87.0 Å². The van der Waals surface area contributed by atoms with E-state index < -0.39 is 10.0 Å². The minimum atomic E-state index is -3.69. The predicted molar refractivity (Wildman–Crippen MR) is 125 cm³/mol. The third kappa shape index (κ3) is 5.50. The van der Waals surface area contributed by atoms with E-state index in [1.807, 2.05) is 9.80 Å². The second-order valence-corrected chi connectivity index (χ2v) is 11.1. The molecule has 2 heterocycles. The highest BCUT2D eigenvalue weighted by molar-refractivity contribution is 7.89. The number of carbonyl (C=O) groups is 1. The maximum absolute atomic E-state index is 13.4. The molecule has 1 saturated heterocycles. The smallest absolute Gasteiger partial charge is 0.248 e. The number of piperazine rings is 1. The molecule has 1 amide bonds. The van der Waals surface area contributed by atoms with Gasteiger partial charge in [0.25, 0.3) is 0 Å². The molecule has 4 rings (SSSR count). The number of rotatable bonds is 7. The largest absolute Gasteiger partial charge is 0.360 e. The Kier molecular flexibility index (Phi) is 7.69. The zero-order valence-corrected chi connectivity index (χ0v) is 20.7. The van der Waals surface area contributed by atoms with Crippen LogP contribution in [0.1, 0.15) is 49.1 Å². The van der Waals surface area contributed by atoms with Crippen molar-refractivity contribution in [2.45, 2.75) is 63.4 Å². The van der Waals surface area contributed by atoms with Crippen LogP contribution in [0.25, 0.3) is 0 Å². The van der Waals surface area contributed by atoms with Crippen molar-refractivity contribution in [2.75, 3.05) is 32.7 Å². The van der Waals surface area contributed by atoms with Crippen molar-refractivity contribution < 1.29 is 22.1 Å². The maximum Gasteiger partial charge on any atom is 0.248 e. The zero-order chi connectivity index (χ0) is 24.3. The number of aryl methyl sites for hydroxylation is 2. The molecule has 2 fully saturated rings. The molecular formula is C24H33FN4O4S. The number of nitrogens with zero attached hydrogens (tertiary/aromatic N) is 4. The molecule has 1 aliphatic carbocycles. The summed E-state index contributed by atoms with van der Waals surface area (Å²) in [4.78, 5) is 17.5. The Morgan fingerprint density at radius 3 is 2.32 bits per heavy atom. The third-order valence-corrected chi connectivity index (χ3v) is 9.00. The predicted octanol–water partition coefficient (Wildman–Crippen LogP) is 3.10. The second kappa shape index (κ2) is 10.5. The minimum Gasteiger partial charge on any atom is -0.360 e. The molecule has 1 aromatic heterocycles. The van der Waals surface area contributed by atoms with Crippen LogP contribution < -0.4 is 0 Å². The van der Waals surface area contributed by atoms with Gasteiger partial charge in [-0.25, -0.2) is 12.8 Å². The highest BCUT2D eigenvalue weighted by Gasteiger charge is 2.34. The number of sulfonamides is 1. The summed E-state index contributed by atoms with van der Waals surface area (Å²) in [5.41, 5.74) is 1.27. The van der Waals surface area contributed by atoms with Crippen LogP contribution in [0.3, 0.4) is 0 Å². The van der Waals surface area contributed by atoms with E-state index in [1.54, 1.807) is 26.0 Å². The Balaban J connectivity index is 1.40. The molecule has 0 bridgehead atoms. The molecule has 0 unspecified atom stereocenters. The Morgan fingerprint density at radius 1 is 1.09 bits per heavy atom. The summed E-state index contributed by atoms with van der Waals surface area (Å²) in [6, 6.07) is 6.51. The van der Waals surface area contributed by atoms with Crippen molar-refractivity contribution in [2.24, 2.45) is 0 Å². The van der Waals surface area contributed by atoms with Gasteiger partial charge >= 0.3 is 0 Å². The number of halogens is 1. The molecule has 1 aromatic carbocycles. The summed E-state index contributed by atoms with van der Waals surface area (Å²) in [5.74, 6) is 0.0426. The van der Waals surface area contributed by atoms with Crippen LogP contribution in [-0.4, -0.2) is 72.4 Å². The summed E-state index contributed by atoms with van der Waals surface area (Å²) in [7, 11) is -3.69. The Hall–Kier alpha value is -2.30. The van der Waals surface area contributed by atoms with Crippen molar-refractivity contribution in [3.05, 3.63) is 47.1 Å². The molecule has 0 atom stereocenters. The summed E-state index contributed by atoms with van der Waals surface area (Å²) < 4.78 is 46.0. The van der Waals surface area contributed by atoms with E-state index in [0.717, 1.165) is 31.2 Å². The second-order valence-electron chi connectivity index (χ2n) is 9.27. The minimum absolute atomic E-state index is 0.0401. The monoisotopic (exact) mass is 492 g/mol.